The van der Waals surface area contributed by atoms with Gasteiger partial charge in [0.15, 0.2) is 5.82 Å². The summed E-state index contributed by atoms with van der Waals surface area (Å²) >= 11 is 3.34. The summed E-state index contributed by atoms with van der Waals surface area (Å²) < 4.78 is 38.3. The number of nitrogens with one attached hydrogen (secondary N) is 1. The molecule has 0 aliphatic carbocycles. The molecule has 0 unspecified atom stereocenters. The SMILES string of the molecule is FC(F)(F)c1ccc(-c2nc3ccc(Br)cc3[nH]2)nc1. The number of aromatic amines is 1. The summed E-state index contributed by atoms with van der Waals surface area (Å²) in [6, 6.07) is 7.79. The summed E-state index contributed by atoms with van der Waals surface area (Å²) in [5.74, 6) is 0.437. The molecule has 3 rings (SSSR count). The summed E-state index contributed by atoms with van der Waals surface area (Å²) in [4.78, 5) is 11.1. The van der Waals surface area contributed by atoms with Crippen LogP contribution >= 0.6 is 15.9 Å². The van der Waals surface area contributed by atoms with Gasteiger partial charge in [-0.2, -0.15) is 13.2 Å². The van der Waals surface area contributed by atoms with Gasteiger partial charge < -0.3 is 4.98 Å². The highest BCUT2D eigenvalue weighted by atomic mass is 79.9. The minimum Gasteiger partial charge on any atom is -0.337 e. The molecule has 0 aliphatic rings. The highest BCUT2D eigenvalue weighted by Crippen LogP contribution is 2.29. The van der Waals surface area contributed by atoms with Gasteiger partial charge in [0.25, 0.3) is 0 Å². The summed E-state index contributed by atoms with van der Waals surface area (Å²) in [7, 11) is 0. The summed E-state index contributed by atoms with van der Waals surface area (Å²) in [5.41, 5.74) is 1.10. The van der Waals surface area contributed by atoms with Gasteiger partial charge in [0.1, 0.15) is 5.69 Å². The Balaban J connectivity index is 2.02. The number of alkyl halides is 3. The number of hydrogen-bond donors (Lipinski definition) is 1. The van der Waals surface area contributed by atoms with Crippen LogP contribution < -0.4 is 0 Å². The van der Waals surface area contributed by atoms with Gasteiger partial charge in [-0.3, -0.25) is 4.98 Å². The van der Waals surface area contributed by atoms with Crippen molar-refractivity contribution in [2.75, 3.05) is 0 Å². The lowest BCUT2D eigenvalue weighted by Gasteiger charge is -2.05. The van der Waals surface area contributed by atoms with Crippen molar-refractivity contribution in [2.24, 2.45) is 0 Å². The molecular weight excluding hydrogens is 335 g/mol. The molecule has 0 aliphatic heterocycles. The molecule has 0 bridgehead atoms. The van der Waals surface area contributed by atoms with Crippen molar-refractivity contribution in [3.63, 3.8) is 0 Å². The normalized spacial score (nSPS) is 12.0. The minimum absolute atomic E-state index is 0.366. The van der Waals surface area contributed by atoms with E-state index in [1.165, 1.54) is 6.07 Å². The molecule has 1 aromatic carbocycles. The molecule has 1 N–H and O–H groups in total. The van der Waals surface area contributed by atoms with Crippen molar-refractivity contribution in [3.8, 4) is 11.5 Å². The van der Waals surface area contributed by atoms with Crippen molar-refractivity contribution >= 4 is 27.0 Å². The van der Waals surface area contributed by atoms with Crippen molar-refractivity contribution < 1.29 is 13.2 Å². The zero-order valence-electron chi connectivity index (χ0n) is 9.87. The number of pyridine rings is 1. The zero-order valence-corrected chi connectivity index (χ0v) is 11.5. The molecule has 2 aromatic heterocycles. The molecule has 0 radical (unpaired) electrons. The largest absolute Gasteiger partial charge is 0.417 e. The van der Waals surface area contributed by atoms with Gasteiger partial charge >= 0.3 is 6.18 Å². The van der Waals surface area contributed by atoms with Crippen LogP contribution in [0.2, 0.25) is 0 Å². The maximum atomic E-state index is 12.5. The monoisotopic (exact) mass is 341 g/mol. The Kier molecular flexibility index (Phi) is 3.01. The first-order chi connectivity index (χ1) is 9.43. The van der Waals surface area contributed by atoms with E-state index in [0.717, 1.165) is 27.8 Å². The number of fused-ring (bicyclic) bond motifs is 1. The molecule has 0 saturated carbocycles. The second kappa shape index (κ2) is 4.59. The lowest BCUT2D eigenvalue weighted by Crippen LogP contribution is -2.05. The molecule has 2 heterocycles. The molecule has 0 atom stereocenters. The second-order valence-electron chi connectivity index (χ2n) is 4.18. The first kappa shape index (κ1) is 13.1. The van der Waals surface area contributed by atoms with Crippen LogP contribution in [0.25, 0.3) is 22.6 Å². The number of rotatable bonds is 1. The third-order valence-electron chi connectivity index (χ3n) is 2.78. The third kappa shape index (κ3) is 2.40. The first-order valence-corrected chi connectivity index (χ1v) is 6.42. The molecular formula is C13H7BrF3N3. The van der Waals surface area contributed by atoms with Crippen LogP contribution in [0.4, 0.5) is 13.2 Å². The van der Waals surface area contributed by atoms with E-state index in [0.29, 0.717) is 11.5 Å². The van der Waals surface area contributed by atoms with Crippen molar-refractivity contribution in [1.29, 1.82) is 0 Å². The van der Waals surface area contributed by atoms with Crippen molar-refractivity contribution in [3.05, 3.63) is 46.6 Å². The lowest BCUT2D eigenvalue weighted by molar-refractivity contribution is -0.137. The first-order valence-electron chi connectivity index (χ1n) is 5.62. The molecule has 0 fully saturated rings. The van der Waals surface area contributed by atoms with Gasteiger partial charge in [-0.15, -0.1) is 0 Å². The van der Waals surface area contributed by atoms with E-state index in [1.807, 2.05) is 18.2 Å². The Bertz CT molecular complexity index is 763. The molecule has 0 saturated heterocycles. The molecule has 0 spiro atoms. The minimum atomic E-state index is -4.38. The van der Waals surface area contributed by atoms with Crippen LogP contribution in [-0.2, 0) is 6.18 Å². The maximum Gasteiger partial charge on any atom is 0.417 e. The number of benzene rings is 1. The van der Waals surface area contributed by atoms with Gasteiger partial charge in [0, 0.05) is 10.7 Å². The standard InChI is InChI=1S/C13H7BrF3N3/c14-8-2-4-9-11(5-8)20-12(19-9)10-3-1-7(6-18-10)13(15,16)17/h1-6H,(H,19,20). The molecule has 20 heavy (non-hydrogen) atoms. The smallest absolute Gasteiger partial charge is 0.337 e. The van der Waals surface area contributed by atoms with Crippen LogP contribution in [-0.4, -0.2) is 15.0 Å². The van der Waals surface area contributed by atoms with Crippen LogP contribution in [0.1, 0.15) is 5.56 Å². The number of aromatic nitrogens is 3. The molecule has 7 heteroatoms. The van der Waals surface area contributed by atoms with E-state index in [4.69, 9.17) is 0 Å². The van der Waals surface area contributed by atoms with E-state index in [-0.39, 0.29) is 0 Å². The van der Waals surface area contributed by atoms with Crippen molar-refractivity contribution in [2.45, 2.75) is 6.18 Å². The van der Waals surface area contributed by atoms with Crippen molar-refractivity contribution in [1.82, 2.24) is 15.0 Å². The lowest BCUT2D eigenvalue weighted by atomic mass is 10.2. The number of nitrogens with zero attached hydrogens (tertiary/aromatic N) is 2. The quantitative estimate of drug-likeness (QED) is 0.712. The summed E-state index contributed by atoms with van der Waals surface area (Å²) in [6.07, 6.45) is -3.58. The predicted molar refractivity (Wildman–Crippen MR) is 72.0 cm³/mol. The van der Waals surface area contributed by atoms with Crippen LogP contribution in [0.5, 0.6) is 0 Å². The van der Waals surface area contributed by atoms with Gasteiger partial charge in [-0.25, -0.2) is 4.98 Å². The number of hydrogen-bond acceptors (Lipinski definition) is 2. The Labute approximate surface area is 120 Å². The van der Waals surface area contributed by atoms with Gasteiger partial charge in [0.2, 0.25) is 0 Å². The predicted octanol–water partition coefficient (Wildman–Crippen LogP) is 4.41. The van der Waals surface area contributed by atoms with Crippen LogP contribution in [0.15, 0.2) is 41.0 Å². The van der Waals surface area contributed by atoms with Gasteiger partial charge in [-0.1, -0.05) is 15.9 Å². The number of H-pyrrole nitrogens is 1. The Morgan fingerprint density at radius 2 is 1.90 bits per heavy atom. The Morgan fingerprint density at radius 3 is 2.55 bits per heavy atom. The fourth-order valence-electron chi connectivity index (χ4n) is 1.80. The fraction of sp³-hybridized carbons (Fsp3) is 0.0769. The zero-order chi connectivity index (χ0) is 14.3. The van der Waals surface area contributed by atoms with E-state index in [2.05, 4.69) is 30.9 Å². The fourth-order valence-corrected chi connectivity index (χ4v) is 2.17. The van der Waals surface area contributed by atoms with E-state index in [1.54, 1.807) is 0 Å². The van der Waals surface area contributed by atoms with Crippen LogP contribution in [0.3, 0.4) is 0 Å². The maximum absolute atomic E-state index is 12.5. The van der Waals surface area contributed by atoms with E-state index < -0.39 is 11.7 Å². The average Bonchev–Trinajstić information content (AvgIpc) is 2.80. The van der Waals surface area contributed by atoms with Crippen LogP contribution in [0, 0.1) is 0 Å². The number of halogens is 4. The highest BCUT2D eigenvalue weighted by molar-refractivity contribution is 9.10. The van der Waals surface area contributed by atoms with E-state index >= 15 is 0 Å². The second-order valence-corrected chi connectivity index (χ2v) is 5.09. The Morgan fingerprint density at radius 1 is 1.10 bits per heavy atom. The molecule has 0 amide bonds. The molecule has 3 aromatic rings. The average molecular weight is 342 g/mol. The summed E-state index contributed by atoms with van der Waals surface area (Å²) in [5, 5.41) is 0. The van der Waals surface area contributed by atoms with E-state index in [9.17, 15) is 13.2 Å². The summed E-state index contributed by atoms with van der Waals surface area (Å²) in [6.45, 7) is 0. The third-order valence-corrected chi connectivity index (χ3v) is 3.27. The van der Waals surface area contributed by atoms with Gasteiger partial charge in [0.05, 0.1) is 16.6 Å². The highest BCUT2D eigenvalue weighted by Gasteiger charge is 2.30. The Hall–Kier alpha value is -1.89. The topological polar surface area (TPSA) is 41.6 Å². The van der Waals surface area contributed by atoms with Gasteiger partial charge in [-0.05, 0) is 30.3 Å². The molecule has 3 nitrogen and oxygen atoms in total. The molecule has 102 valence electrons. The number of imidazole rings is 1.